The van der Waals surface area contributed by atoms with Crippen LogP contribution in [0.25, 0.3) is 0 Å². The Morgan fingerprint density at radius 2 is 2.00 bits per heavy atom. The zero-order chi connectivity index (χ0) is 9.97. The van der Waals surface area contributed by atoms with E-state index in [2.05, 4.69) is 0 Å². The van der Waals surface area contributed by atoms with Crippen LogP contribution in [0.3, 0.4) is 0 Å². The van der Waals surface area contributed by atoms with Crippen molar-refractivity contribution in [3.8, 4) is 0 Å². The number of hydrogen-bond donors (Lipinski definition) is 1. The van der Waals surface area contributed by atoms with Crippen molar-refractivity contribution in [2.75, 3.05) is 18.0 Å². The molecule has 0 aromatic heterocycles. The highest BCUT2D eigenvalue weighted by Crippen LogP contribution is 2.17. The zero-order valence-electron chi connectivity index (χ0n) is 7.89. The number of hydrogen-bond acceptors (Lipinski definition) is 3. The zero-order valence-corrected chi connectivity index (χ0v) is 7.89. The second kappa shape index (κ2) is 3.80. The first-order valence-corrected chi connectivity index (χ1v) is 4.78. The summed E-state index contributed by atoms with van der Waals surface area (Å²) in [5, 5.41) is 9.42. The van der Waals surface area contributed by atoms with E-state index < -0.39 is 6.10 Å². The quantitative estimate of drug-likeness (QED) is 0.714. The average molecular weight is 191 g/mol. The Hall–Kier alpha value is -1.35. The summed E-state index contributed by atoms with van der Waals surface area (Å²) in [6.07, 6.45) is -0.375. The lowest BCUT2D eigenvalue weighted by molar-refractivity contribution is -0.127. The number of aliphatic hydroxyl groups is 1. The van der Waals surface area contributed by atoms with Gasteiger partial charge in [0.15, 0.2) is 5.78 Å². The topological polar surface area (TPSA) is 40.5 Å². The molecule has 1 N–H and O–H groups in total. The van der Waals surface area contributed by atoms with E-state index in [9.17, 15) is 9.90 Å². The second-order valence-electron chi connectivity index (χ2n) is 3.51. The minimum atomic E-state index is -0.816. The van der Waals surface area contributed by atoms with Crippen LogP contribution in [-0.4, -0.2) is 30.1 Å². The van der Waals surface area contributed by atoms with Crippen molar-refractivity contribution in [1.29, 1.82) is 0 Å². The molecular weight excluding hydrogens is 178 g/mol. The molecule has 1 aliphatic heterocycles. The molecule has 0 amide bonds. The molecular formula is C11H13NO2. The summed E-state index contributed by atoms with van der Waals surface area (Å²) in [4.78, 5) is 13.1. The van der Waals surface area contributed by atoms with Crippen molar-refractivity contribution in [2.24, 2.45) is 0 Å². The SMILES string of the molecule is O=C1CCN(c2ccccc2)C[C@H]1O. The number of rotatable bonds is 1. The van der Waals surface area contributed by atoms with Gasteiger partial charge in [0.1, 0.15) is 6.10 Å². The van der Waals surface area contributed by atoms with Gasteiger partial charge >= 0.3 is 0 Å². The predicted octanol–water partition coefficient (Wildman–Crippen LogP) is 0.827. The molecule has 1 aliphatic rings. The summed E-state index contributed by atoms with van der Waals surface area (Å²) in [6.45, 7) is 1.13. The van der Waals surface area contributed by atoms with Crippen LogP contribution in [0.4, 0.5) is 5.69 Å². The third-order valence-electron chi connectivity index (χ3n) is 2.51. The maximum atomic E-state index is 11.1. The van der Waals surface area contributed by atoms with Crippen LogP contribution in [0, 0.1) is 0 Å². The van der Waals surface area contributed by atoms with E-state index in [0.717, 1.165) is 5.69 Å². The van der Waals surface area contributed by atoms with Gasteiger partial charge in [-0.05, 0) is 12.1 Å². The Balaban J connectivity index is 2.11. The standard InChI is InChI=1S/C11H13NO2/c13-10-6-7-12(8-11(10)14)9-4-2-1-3-5-9/h1-5,11,14H,6-8H2/t11-/m1/s1. The Labute approximate surface area is 83.0 Å². The van der Waals surface area contributed by atoms with Crippen LogP contribution in [0.15, 0.2) is 30.3 Å². The van der Waals surface area contributed by atoms with E-state index in [1.165, 1.54) is 0 Å². The van der Waals surface area contributed by atoms with Crippen molar-refractivity contribution in [2.45, 2.75) is 12.5 Å². The number of anilines is 1. The molecule has 0 unspecified atom stereocenters. The minimum Gasteiger partial charge on any atom is -0.383 e. The molecule has 2 rings (SSSR count). The van der Waals surface area contributed by atoms with Gasteiger partial charge in [0.05, 0.1) is 6.54 Å². The van der Waals surface area contributed by atoms with E-state index in [1.54, 1.807) is 0 Å². The lowest BCUT2D eigenvalue weighted by Crippen LogP contribution is -2.44. The van der Waals surface area contributed by atoms with Crippen molar-refractivity contribution in [1.82, 2.24) is 0 Å². The number of Topliss-reactive ketones (excluding diaryl/α,β-unsaturated/α-hetero) is 1. The molecule has 0 aliphatic carbocycles. The van der Waals surface area contributed by atoms with E-state index >= 15 is 0 Å². The van der Waals surface area contributed by atoms with E-state index in [0.29, 0.717) is 19.5 Å². The fourth-order valence-corrected chi connectivity index (χ4v) is 1.69. The minimum absolute atomic E-state index is 0.0443. The normalized spacial score (nSPS) is 22.5. The smallest absolute Gasteiger partial charge is 0.164 e. The maximum absolute atomic E-state index is 11.1. The first-order chi connectivity index (χ1) is 6.77. The summed E-state index contributed by atoms with van der Waals surface area (Å²) in [5.41, 5.74) is 1.07. The number of benzene rings is 1. The monoisotopic (exact) mass is 191 g/mol. The van der Waals surface area contributed by atoms with Crippen molar-refractivity contribution < 1.29 is 9.90 Å². The Bertz CT molecular complexity index is 323. The number of nitrogens with zero attached hydrogens (tertiary/aromatic N) is 1. The number of carbonyl (C=O) groups is 1. The molecule has 74 valence electrons. The highest BCUT2D eigenvalue weighted by atomic mass is 16.3. The summed E-state index contributed by atoms with van der Waals surface area (Å²) < 4.78 is 0. The number of piperidine rings is 1. The summed E-state index contributed by atoms with van der Waals surface area (Å²) in [7, 11) is 0. The molecule has 1 aromatic rings. The molecule has 0 saturated carbocycles. The summed E-state index contributed by atoms with van der Waals surface area (Å²) in [6, 6.07) is 9.84. The molecule has 0 spiro atoms. The third kappa shape index (κ3) is 1.77. The van der Waals surface area contributed by atoms with Gasteiger partial charge in [-0.2, -0.15) is 0 Å². The van der Waals surface area contributed by atoms with E-state index in [-0.39, 0.29) is 5.78 Å². The highest BCUT2D eigenvalue weighted by molar-refractivity contribution is 5.85. The lowest BCUT2D eigenvalue weighted by atomic mass is 10.1. The third-order valence-corrected chi connectivity index (χ3v) is 2.51. The van der Waals surface area contributed by atoms with Gasteiger partial charge in [-0.3, -0.25) is 4.79 Å². The Morgan fingerprint density at radius 3 is 2.64 bits per heavy atom. The lowest BCUT2D eigenvalue weighted by Gasteiger charge is -2.30. The predicted molar refractivity (Wildman–Crippen MR) is 54.3 cm³/mol. The maximum Gasteiger partial charge on any atom is 0.164 e. The van der Waals surface area contributed by atoms with Gasteiger partial charge < -0.3 is 10.0 Å². The van der Waals surface area contributed by atoms with Gasteiger partial charge in [0, 0.05) is 18.7 Å². The molecule has 3 heteroatoms. The Morgan fingerprint density at radius 1 is 1.29 bits per heavy atom. The number of ketones is 1. The van der Waals surface area contributed by atoms with Gasteiger partial charge in [-0.25, -0.2) is 0 Å². The van der Waals surface area contributed by atoms with Crippen LogP contribution in [-0.2, 0) is 4.79 Å². The van der Waals surface area contributed by atoms with Gasteiger partial charge in [-0.1, -0.05) is 18.2 Å². The van der Waals surface area contributed by atoms with Crippen molar-refractivity contribution >= 4 is 11.5 Å². The molecule has 1 fully saturated rings. The first-order valence-electron chi connectivity index (χ1n) is 4.78. The number of para-hydroxylation sites is 1. The fourth-order valence-electron chi connectivity index (χ4n) is 1.69. The van der Waals surface area contributed by atoms with Gasteiger partial charge in [-0.15, -0.1) is 0 Å². The summed E-state index contributed by atoms with van der Waals surface area (Å²) in [5.74, 6) is -0.0443. The first kappa shape index (κ1) is 9.21. The molecule has 1 heterocycles. The largest absolute Gasteiger partial charge is 0.383 e. The van der Waals surface area contributed by atoms with Crippen LogP contribution in [0.5, 0.6) is 0 Å². The van der Waals surface area contributed by atoms with E-state index in [4.69, 9.17) is 0 Å². The van der Waals surface area contributed by atoms with Crippen LogP contribution in [0.1, 0.15) is 6.42 Å². The Kier molecular flexibility index (Phi) is 2.50. The molecule has 1 aromatic carbocycles. The highest BCUT2D eigenvalue weighted by Gasteiger charge is 2.24. The van der Waals surface area contributed by atoms with Gasteiger partial charge in [0.25, 0.3) is 0 Å². The molecule has 1 atom stereocenters. The number of aliphatic hydroxyl groups excluding tert-OH is 1. The van der Waals surface area contributed by atoms with Crippen LogP contribution in [0.2, 0.25) is 0 Å². The average Bonchev–Trinajstić information content (AvgIpc) is 2.23. The second-order valence-corrected chi connectivity index (χ2v) is 3.51. The van der Waals surface area contributed by atoms with E-state index in [1.807, 2.05) is 35.2 Å². The van der Waals surface area contributed by atoms with Crippen LogP contribution >= 0.6 is 0 Å². The number of β-amino-alcohol motifs (C(OH)–C–C–N with tert-alkyl or cyclic N) is 1. The number of carbonyl (C=O) groups excluding carboxylic acids is 1. The molecule has 3 nitrogen and oxygen atoms in total. The van der Waals surface area contributed by atoms with Gasteiger partial charge in [0.2, 0.25) is 0 Å². The van der Waals surface area contributed by atoms with Crippen LogP contribution < -0.4 is 4.90 Å². The molecule has 0 bridgehead atoms. The van der Waals surface area contributed by atoms with Crippen molar-refractivity contribution in [3.63, 3.8) is 0 Å². The van der Waals surface area contributed by atoms with Crippen molar-refractivity contribution in [3.05, 3.63) is 30.3 Å². The summed E-state index contributed by atoms with van der Waals surface area (Å²) >= 11 is 0. The fraction of sp³-hybridized carbons (Fsp3) is 0.364. The molecule has 1 saturated heterocycles. The molecule has 14 heavy (non-hydrogen) atoms. The molecule has 0 radical (unpaired) electrons.